The second kappa shape index (κ2) is 5.53. The predicted molar refractivity (Wildman–Crippen MR) is 83.8 cm³/mol. The number of hydrogen-bond donors (Lipinski definition) is 1. The van der Waals surface area contributed by atoms with Gasteiger partial charge in [-0.2, -0.15) is 0 Å². The minimum absolute atomic E-state index is 0.141. The minimum Gasteiger partial charge on any atom is -0.306 e. The summed E-state index contributed by atoms with van der Waals surface area (Å²) in [6.45, 7) is 12.5. The number of nitrogens with zero attached hydrogens (tertiary/aromatic N) is 1. The lowest BCUT2D eigenvalue weighted by atomic mass is 9.69. The molecule has 0 amide bonds. The Morgan fingerprint density at radius 2 is 1.89 bits per heavy atom. The first-order valence-electron chi connectivity index (χ1n) is 7.59. The summed E-state index contributed by atoms with van der Waals surface area (Å²) in [6.07, 6.45) is 5.02. The van der Waals surface area contributed by atoms with Crippen LogP contribution in [-0.2, 0) is 5.54 Å². The van der Waals surface area contributed by atoms with Crippen LogP contribution in [0, 0.1) is 5.41 Å². The van der Waals surface area contributed by atoms with Crippen LogP contribution >= 0.6 is 11.3 Å². The van der Waals surface area contributed by atoms with E-state index in [0.717, 1.165) is 6.54 Å². The SMILES string of the molecule is CCNC1(c2nc(C(C)C)cs2)CCC(C)(C)CC1. The van der Waals surface area contributed by atoms with E-state index in [1.165, 1.54) is 36.4 Å². The lowest BCUT2D eigenvalue weighted by Crippen LogP contribution is -2.46. The van der Waals surface area contributed by atoms with Gasteiger partial charge in [-0.25, -0.2) is 4.98 Å². The summed E-state index contributed by atoms with van der Waals surface area (Å²) in [5.41, 5.74) is 1.89. The number of thiazole rings is 1. The Labute approximate surface area is 122 Å². The zero-order chi connectivity index (χ0) is 14.1. The van der Waals surface area contributed by atoms with Crippen molar-refractivity contribution in [3.05, 3.63) is 16.1 Å². The summed E-state index contributed by atoms with van der Waals surface area (Å²) in [5, 5.41) is 7.31. The van der Waals surface area contributed by atoms with Gasteiger partial charge in [-0.1, -0.05) is 34.6 Å². The van der Waals surface area contributed by atoms with E-state index in [-0.39, 0.29) is 5.54 Å². The van der Waals surface area contributed by atoms with Crippen LogP contribution in [0.25, 0.3) is 0 Å². The third-order valence-corrected chi connectivity index (χ3v) is 5.56. The Kier molecular flexibility index (Phi) is 4.36. The van der Waals surface area contributed by atoms with E-state index in [9.17, 15) is 0 Å². The van der Waals surface area contributed by atoms with E-state index in [0.29, 0.717) is 11.3 Å². The van der Waals surface area contributed by atoms with Crippen LogP contribution in [0.1, 0.15) is 76.9 Å². The lowest BCUT2D eigenvalue weighted by molar-refractivity contribution is 0.135. The van der Waals surface area contributed by atoms with E-state index in [4.69, 9.17) is 4.98 Å². The number of nitrogens with one attached hydrogen (secondary N) is 1. The van der Waals surface area contributed by atoms with Gasteiger partial charge < -0.3 is 5.32 Å². The van der Waals surface area contributed by atoms with Crippen LogP contribution in [0.5, 0.6) is 0 Å². The molecular formula is C16H28N2S. The van der Waals surface area contributed by atoms with Crippen molar-refractivity contribution in [2.45, 2.75) is 71.8 Å². The first kappa shape index (κ1) is 15.0. The first-order valence-corrected chi connectivity index (χ1v) is 8.47. The Balaban J connectivity index is 2.24. The molecule has 2 nitrogen and oxygen atoms in total. The highest BCUT2D eigenvalue weighted by molar-refractivity contribution is 7.09. The monoisotopic (exact) mass is 280 g/mol. The molecule has 1 aromatic heterocycles. The molecule has 2 rings (SSSR count). The fourth-order valence-electron chi connectivity index (χ4n) is 2.93. The molecule has 1 fully saturated rings. The maximum Gasteiger partial charge on any atom is 0.113 e. The standard InChI is InChI=1S/C16H28N2S/c1-6-17-16(9-7-15(4,5)8-10-16)14-18-13(11-19-14)12(2)3/h11-12,17H,6-10H2,1-5H3. The van der Waals surface area contributed by atoms with E-state index in [1.54, 1.807) is 0 Å². The number of rotatable bonds is 4. The van der Waals surface area contributed by atoms with Crippen molar-refractivity contribution in [1.82, 2.24) is 10.3 Å². The Hall–Kier alpha value is -0.410. The fraction of sp³-hybridized carbons (Fsp3) is 0.812. The van der Waals surface area contributed by atoms with E-state index >= 15 is 0 Å². The first-order chi connectivity index (χ1) is 8.88. The molecule has 1 aliphatic carbocycles. The maximum absolute atomic E-state index is 4.93. The highest BCUT2D eigenvalue weighted by Crippen LogP contribution is 2.46. The minimum atomic E-state index is 0.141. The van der Waals surface area contributed by atoms with Crippen molar-refractivity contribution in [3.63, 3.8) is 0 Å². The van der Waals surface area contributed by atoms with Crippen LogP contribution in [0.3, 0.4) is 0 Å². The summed E-state index contributed by atoms with van der Waals surface area (Å²) in [5.74, 6) is 0.531. The van der Waals surface area contributed by atoms with Gasteiger partial charge in [0.25, 0.3) is 0 Å². The maximum atomic E-state index is 4.93. The molecule has 0 spiro atoms. The quantitative estimate of drug-likeness (QED) is 0.867. The van der Waals surface area contributed by atoms with E-state index in [1.807, 2.05) is 11.3 Å². The Morgan fingerprint density at radius 3 is 2.37 bits per heavy atom. The van der Waals surface area contributed by atoms with Gasteiger partial charge in [0.2, 0.25) is 0 Å². The molecule has 108 valence electrons. The molecule has 19 heavy (non-hydrogen) atoms. The van der Waals surface area contributed by atoms with Gasteiger partial charge in [0.15, 0.2) is 0 Å². The summed E-state index contributed by atoms with van der Waals surface area (Å²) in [4.78, 5) is 4.93. The summed E-state index contributed by atoms with van der Waals surface area (Å²) in [7, 11) is 0. The molecule has 1 saturated carbocycles. The van der Waals surface area contributed by atoms with Crippen molar-refractivity contribution < 1.29 is 0 Å². The van der Waals surface area contributed by atoms with E-state index < -0.39 is 0 Å². The molecule has 1 aliphatic rings. The van der Waals surface area contributed by atoms with Crippen molar-refractivity contribution >= 4 is 11.3 Å². The molecular weight excluding hydrogens is 252 g/mol. The summed E-state index contributed by atoms with van der Waals surface area (Å²) < 4.78 is 0. The fourth-order valence-corrected chi connectivity index (χ4v) is 4.15. The van der Waals surface area contributed by atoms with Crippen molar-refractivity contribution in [3.8, 4) is 0 Å². The number of aromatic nitrogens is 1. The third-order valence-electron chi connectivity index (χ3n) is 4.50. The summed E-state index contributed by atoms with van der Waals surface area (Å²) >= 11 is 1.85. The van der Waals surface area contributed by atoms with E-state index in [2.05, 4.69) is 45.3 Å². The van der Waals surface area contributed by atoms with Gasteiger partial charge in [0, 0.05) is 5.38 Å². The predicted octanol–water partition coefficient (Wildman–Crippen LogP) is 4.67. The molecule has 0 saturated heterocycles. The van der Waals surface area contributed by atoms with Gasteiger partial charge in [-0.3, -0.25) is 0 Å². The van der Waals surface area contributed by atoms with Crippen molar-refractivity contribution in [2.75, 3.05) is 6.54 Å². The van der Waals surface area contributed by atoms with Crippen LogP contribution in [0.15, 0.2) is 5.38 Å². The Morgan fingerprint density at radius 1 is 1.26 bits per heavy atom. The van der Waals surface area contributed by atoms with Crippen LogP contribution < -0.4 is 5.32 Å². The Bertz CT molecular complexity index is 410. The molecule has 0 atom stereocenters. The largest absolute Gasteiger partial charge is 0.306 e. The molecule has 1 aromatic rings. The second-order valence-electron chi connectivity index (χ2n) is 7.01. The average molecular weight is 280 g/mol. The summed E-state index contributed by atoms with van der Waals surface area (Å²) in [6, 6.07) is 0. The second-order valence-corrected chi connectivity index (χ2v) is 7.87. The molecule has 0 bridgehead atoms. The van der Waals surface area contributed by atoms with Crippen LogP contribution in [0.2, 0.25) is 0 Å². The van der Waals surface area contributed by atoms with Crippen LogP contribution in [-0.4, -0.2) is 11.5 Å². The van der Waals surface area contributed by atoms with Crippen molar-refractivity contribution in [2.24, 2.45) is 5.41 Å². The van der Waals surface area contributed by atoms with Gasteiger partial charge in [0.05, 0.1) is 11.2 Å². The molecule has 3 heteroatoms. The highest BCUT2D eigenvalue weighted by atomic mass is 32.1. The third kappa shape index (κ3) is 3.19. The van der Waals surface area contributed by atoms with Gasteiger partial charge in [0.1, 0.15) is 5.01 Å². The van der Waals surface area contributed by atoms with Crippen LogP contribution in [0.4, 0.5) is 0 Å². The van der Waals surface area contributed by atoms with Gasteiger partial charge in [-0.05, 0) is 43.6 Å². The average Bonchev–Trinajstić information content (AvgIpc) is 2.83. The molecule has 0 unspecified atom stereocenters. The zero-order valence-electron chi connectivity index (χ0n) is 13.0. The van der Waals surface area contributed by atoms with Crippen molar-refractivity contribution in [1.29, 1.82) is 0 Å². The smallest absolute Gasteiger partial charge is 0.113 e. The molecule has 0 aliphatic heterocycles. The number of hydrogen-bond acceptors (Lipinski definition) is 3. The topological polar surface area (TPSA) is 24.9 Å². The van der Waals surface area contributed by atoms with Gasteiger partial charge in [-0.15, -0.1) is 11.3 Å². The normalized spacial score (nSPS) is 21.8. The molecule has 1 heterocycles. The zero-order valence-corrected chi connectivity index (χ0v) is 13.9. The molecule has 0 radical (unpaired) electrons. The molecule has 0 aromatic carbocycles. The lowest BCUT2D eigenvalue weighted by Gasteiger charge is -2.43. The van der Waals surface area contributed by atoms with Gasteiger partial charge >= 0.3 is 0 Å². The molecule has 1 N–H and O–H groups in total. The highest BCUT2D eigenvalue weighted by Gasteiger charge is 2.41.